The molecule has 6 nitrogen and oxygen atoms in total. The molecule has 0 saturated carbocycles. The van der Waals surface area contributed by atoms with E-state index in [4.69, 9.17) is 23.2 Å². The van der Waals surface area contributed by atoms with Crippen molar-refractivity contribution in [3.63, 3.8) is 0 Å². The molecule has 1 aromatic carbocycles. The summed E-state index contributed by atoms with van der Waals surface area (Å²) in [6.07, 6.45) is 1.98. The molecule has 0 fully saturated rings. The van der Waals surface area contributed by atoms with Gasteiger partial charge in [-0.3, -0.25) is 9.79 Å². The number of hydrogen-bond acceptors (Lipinski definition) is 5. The molecule has 1 unspecified atom stereocenters. The molecule has 0 bridgehead atoms. The van der Waals surface area contributed by atoms with Gasteiger partial charge in [0.15, 0.2) is 0 Å². The zero-order valence-electron chi connectivity index (χ0n) is 13.5. The number of thiazole rings is 1. The molecular weight excluding hydrogens is 381 g/mol. The number of aryl methyl sites for hydroxylation is 1. The Morgan fingerprint density at radius 3 is 2.96 bits per heavy atom. The number of amides is 1. The molecule has 2 N–H and O–H groups in total. The van der Waals surface area contributed by atoms with Crippen LogP contribution >= 0.6 is 34.5 Å². The highest BCUT2D eigenvalue weighted by molar-refractivity contribution is 7.17. The van der Waals surface area contributed by atoms with E-state index in [1.54, 1.807) is 6.07 Å². The number of hydrogen-bond donors (Lipinski definition) is 2. The van der Waals surface area contributed by atoms with Crippen molar-refractivity contribution < 1.29 is 4.79 Å². The molecule has 1 aromatic heterocycles. The van der Waals surface area contributed by atoms with Crippen molar-refractivity contribution in [3.05, 3.63) is 39.9 Å². The van der Waals surface area contributed by atoms with Crippen molar-refractivity contribution in [3.8, 4) is 0 Å². The third kappa shape index (κ3) is 4.36. The van der Waals surface area contributed by atoms with Gasteiger partial charge in [-0.2, -0.15) is 0 Å². The average molecular weight is 396 g/mol. The predicted octanol–water partition coefficient (Wildman–Crippen LogP) is 4.36. The molecule has 130 valence electrons. The fourth-order valence-corrected chi connectivity index (χ4v) is 3.55. The lowest BCUT2D eigenvalue weighted by atomic mass is 10.2. The SMILES string of the molecule is CC1=NC(Cl)CC(=Nc2ncc(C(=O)Nc3c(C)cccc3Cl)s2)N1. The highest BCUT2D eigenvalue weighted by atomic mass is 35.5. The molecule has 1 amide bonds. The minimum atomic E-state index is -0.342. The van der Waals surface area contributed by atoms with Crippen LogP contribution in [0.4, 0.5) is 10.8 Å². The molecule has 1 aliphatic rings. The fraction of sp³-hybridized carbons (Fsp3) is 0.250. The van der Waals surface area contributed by atoms with Crippen LogP contribution in [-0.4, -0.2) is 28.1 Å². The Kier molecular flexibility index (Phi) is 5.36. The Hall–Kier alpha value is -1.96. The summed E-state index contributed by atoms with van der Waals surface area (Å²) in [4.78, 5) is 25.6. The first-order valence-corrected chi connectivity index (χ1v) is 9.11. The van der Waals surface area contributed by atoms with Crippen molar-refractivity contribution in [1.82, 2.24) is 10.3 Å². The second-order valence-corrected chi connectivity index (χ2v) is 7.35. The lowest BCUT2D eigenvalue weighted by Crippen LogP contribution is -2.35. The third-order valence-corrected chi connectivity index (χ3v) is 4.89. The normalized spacial score (nSPS) is 18.6. The van der Waals surface area contributed by atoms with Gasteiger partial charge in [0.1, 0.15) is 22.0 Å². The van der Waals surface area contributed by atoms with E-state index in [0.717, 1.165) is 5.56 Å². The van der Waals surface area contributed by atoms with Crippen LogP contribution in [0.3, 0.4) is 0 Å². The Balaban J connectivity index is 1.75. The van der Waals surface area contributed by atoms with Gasteiger partial charge in [0.25, 0.3) is 5.91 Å². The van der Waals surface area contributed by atoms with Gasteiger partial charge in [-0.15, -0.1) is 0 Å². The number of halogens is 2. The van der Waals surface area contributed by atoms with Crippen LogP contribution in [0.5, 0.6) is 0 Å². The first-order chi connectivity index (χ1) is 11.9. The maximum Gasteiger partial charge on any atom is 0.267 e. The maximum atomic E-state index is 12.4. The van der Waals surface area contributed by atoms with Crippen LogP contribution in [0.2, 0.25) is 5.02 Å². The van der Waals surface area contributed by atoms with E-state index in [-0.39, 0.29) is 11.4 Å². The van der Waals surface area contributed by atoms with Crippen LogP contribution in [0, 0.1) is 6.92 Å². The summed E-state index contributed by atoms with van der Waals surface area (Å²) in [5, 5.41) is 6.84. The van der Waals surface area contributed by atoms with E-state index >= 15 is 0 Å². The number of nitrogens with zero attached hydrogens (tertiary/aromatic N) is 3. The standard InChI is InChI=1S/C16H15Cl2N5OS/c1-8-4-3-5-10(17)14(8)23-15(24)11-7-19-16(25-11)22-13-6-12(18)20-9(2)21-13/h3-5,7,12H,6H2,1-2H3,(H,23,24)(H,19,20,21,22). The quantitative estimate of drug-likeness (QED) is 0.598. The number of rotatable bonds is 3. The van der Waals surface area contributed by atoms with Gasteiger partial charge in [-0.05, 0) is 25.5 Å². The molecule has 3 rings (SSSR count). The average Bonchev–Trinajstić information content (AvgIpc) is 2.98. The summed E-state index contributed by atoms with van der Waals surface area (Å²) in [6, 6.07) is 5.45. The van der Waals surface area contributed by atoms with Crippen molar-refractivity contribution in [2.45, 2.75) is 25.8 Å². The molecule has 2 heterocycles. The van der Waals surface area contributed by atoms with Crippen molar-refractivity contribution >= 4 is 62.9 Å². The molecular formula is C16H15Cl2N5OS. The van der Waals surface area contributed by atoms with Gasteiger partial charge in [0.05, 0.1) is 16.9 Å². The van der Waals surface area contributed by atoms with Gasteiger partial charge < -0.3 is 10.6 Å². The summed E-state index contributed by atoms with van der Waals surface area (Å²) >= 11 is 13.4. The fourth-order valence-electron chi connectivity index (χ4n) is 2.28. The van der Waals surface area contributed by atoms with Crippen molar-refractivity contribution in [1.29, 1.82) is 0 Å². The number of alkyl halides is 1. The number of aliphatic imine (C=N–C) groups is 2. The molecule has 0 spiro atoms. The Bertz CT molecular complexity index is 857. The molecule has 25 heavy (non-hydrogen) atoms. The second kappa shape index (κ2) is 7.51. The van der Waals surface area contributed by atoms with Crippen LogP contribution in [0.25, 0.3) is 0 Å². The molecule has 9 heteroatoms. The Labute approximate surface area is 159 Å². The molecule has 0 radical (unpaired) electrons. The third-order valence-electron chi connectivity index (χ3n) is 3.43. The van der Waals surface area contributed by atoms with Crippen molar-refractivity contribution in [2.24, 2.45) is 9.98 Å². The van der Waals surface area contributed by atoms with E-state index < -0.39 is 0 Å². The maximum absolute atomic E-state index is 12.4. The van der Waals surface area contributed by atoms with E-state index in [9.17, 15) is 4.79 Å². The molecule has 0 saturated heterocycles. The monoisotopic (exact) mass is 395 g/mol. The second-order valence-electron chi connectivity index (χ2n) is 5.43. The number of carbonyl (C=O) groups is 1. The zero-order chi connectivity index (χ0) is 18.0. The summed E-state index contributed by atoms with van der Waals surface area (Å²) in [5.41, 5.74) is 1.15. The molecule has 2 aromatic rings. The molecule has 1 aliphatic heterocycles. The number of nitrogens with one attached hydrogen (secondary N) is 2. The number of aromatic nitrogens is 1. The van der Waals surface area contributed by atoms with Crippen LogP contribution in [-0.2, 0) is 0 Å². The number of carbonyl (C=O) groups excluding carboxylic acids is 1. The van der Waals surface area contributed by atoms with Gasteiger partial charge in [0.2, 0.25) is 5.13 Å². The summed E-state index contributed by atoms with van der Waals surface area (Å²) < 4.78 is 0. The lowest BCUT2D eigenvalue weighted by Gasteiger charge is -2.16. The summed E-state index contributed by atoms with van der Waals surface area (Å²) in [6.45, 7) is 3.70. The molecule has 1 atom stereocenters. The topological polar surface area (TPSA) is 78.7 Å². The number of benzene rings is 1. The zero-order valence-corrected chi connectivity index (χ0v) is 15.8. The minimum absolute atomic E-state index is 0.273. The largest absolute Gasteiger partial charge is 0.332 e. The van der Waals surface area contributed by atoms with E-state index in [1.165, 1.54) is 17.5 Å². The van der Waals surface area contributed by atoms with Crippen molar-refractivity contribution in [2.75, 3.05) is 5.32 Å². The first kappa shape index (κ1) is 17.8. The van der Waals surface area contributed by atoms with Gasteiger partial charge in [-0.1, -0.05) is 46.7 Å². The molecule has 0 aliphatic carbocycles. The Morgan fingerprint density at radius 1 is 1.44 bits per heavy atom. The first-order valence-electron chi connectivity index (χ1n) is 7.47. The number of amidine groups is 2. The smallest absolute Gasteiger partial charge is 0.267 e. The Morgan fingerprint density at radius 2 is 2.24 bits per heavy atom. The summed E-state index contributed by atoms with van der Waals surface area (Å²) in [7, 11) is 0. The van der Waals surface area contributed by atoms with Crippen LogP contribution in [0.1, 0.15) is 28.6 Å². The number of para-hydroxylation sites is 1. The van der Waals surface area contributed by atoms with Gasteiger partial charge >= 0.3 is 0 Å². The van der Waals surface area contributed by atoms with Gasteiger partial charge in [0, 0.05) is 6.42 Å². The minimum Gasteiger partial charge on any atom is -0.332 e. The van der Waals surface area contributed by atoms with E-state index in [0.29, 0.717) is 38.8 Å². The lowest BCUT2D eigenvalue weighted by molar-refractivity contribution is 0.103. The van der Waals surface area contributed by atoms with E-state index in [2.05, 4.69) is 25.6 Å². The highest BCUT2D eigenvalue weighted by Gasteiger charge is 2.17. The summed E-state index contributed by atoms with van der Waals surface area (Å²) in [5.74, 6) is 1.11. The van der Waals surface area contributed by atoms with Crippen LogP contribution < -0.4 is 10.6 Å². The predicted molar refractivity (Wildman–Crippen MR) is 104 cm³/mol. The van der Waals surface area contributed by atoms with Gasteiger partial charge in [-0.25, -0.2) is 9.98 Å². The number of anilines is 1. The van der Waals surface area contributed by atoms with Crippen LogP contribution in [0.15, 0.2) is 34.4 Å². The van der Waals surface area contributed by atoms with E-state index in [1.807, 2.05) is 26.0 Å². The highest BCUT2D eigenvalue weighted by Crippen LogP contribution is 2.28.